The van der Waals surface area contributed by atoms with Crippen LogP contribution in [0.5, 0.6) is 0 Å². The third kappa shape index (κ3) is 5.13. The van der Waals surface area contributed by atoms with E-state index >= 15 is 0 Å². The smallest absolute Gasteiger partial charge is 0.416 e. The highest BCUT2D eigenvalue weighted by atomic mass is 79.9. The normalized spacial score (nSPS) is 16.0. The molecular formula is C17H21BrF3NO2. The van der Waals surface area contributed by atoms with Gasteiger partial charge in [0.2, 0.25) is 0 Å². The van der Waals surface area contributed by atoms with Crippen molar-refractivity contribution in [2.24, 2.45) is 5.92 Å². The van der Waals surface area contributed by atoms with Crippen LogP contribution in [0.3, 0.4) is 0 Å². The lowest BCUT2D eigenvalue weighted by atomic mass is 9.92. The first-order chi connectivity index (χ1) is 11.0. The third-order valence-corrected chi connectivity index (χ3v) is 4.55. The molecule has 1 saturated heterocycles. The van der Waals surface area contributed by atoms with Crippen molar-refractivity contribution >= 4 is 22.0 Å². The maximum atomic E-state index is 12.6. The first kappa shape index (κ1) is 19.1. The Labute approximate surface area is 148 Å². The number of benzene rings is 1. The highest BCUT2D eigenvalue weighted by Gasteiger charge is 2.34. The van der Waals surface area contributed by atoms with Gasteiger partial charge < -0.3 is 9.64 Å². The minimum absolute atomic E-state index is 0.311. The zero-order valence-corrected chi connectivity index (χ0v) is 15.5. The second kappa shape index (κ2) is 6.94. The molecule has 0 aromatic heterocycles. The zero-order chi connectivity index (χ0) is 18.1. The van der Waals surface area contributed by atoms with Crippen molar-refractivity contribution in [2.45, 2.75) is 45.4 Å². The molecule has 0 radical (unpaired) electrons. The zero-order valence-electron chi connectivity index (χ0n) is 13.9. The summed E-state index contributed by atoms with van der Waals surface area (Å²) in [6.07, 6.45) is -3.15. The van der Waals surface area contributed by atoms with Crippen molar-refractivity contribution in [1.29, 1.82) is 0 Å². The van der Waals surface area contributed by atoms with E-state index in [0.717, 1.165) is 24.1 Å². The predicted octanol–water partition coefficient (Wildman–Crippen LogP) is 5.27. The third-order valence-electron chi connectivity index (χ3n) is 3.81. The van der Waals surface area contributed by atoms with Gasteiger partial charge in [-0.2, -0.15) is 13.2 Å². The van der Waals surface area contributed by atoms with E-state index in [9.17, 15) is 18.0 Å². The van der Waals surface area contributed by atoms with Crippen LogP contribution in [0.25, 0.3) is 0 Å². The van der Waals surface area contributed by atoms with Gasteiger partial charge in [-0.15, -0.1) is 0 Å². The summed E-state index contributed by atoms with van der Waals surface area (Å²) in [6, 6.07) is 3.73. The fourth-order valence-electron chi connectivity index (χ4n) is 2.51. The Kier molecular flexibility index (Phi) is 5.52. The molecule has 1 aromatic carbocycles. The van der Waals surface area contributed by atoms with Crippen LogP contribution >= 0.6 is 15.9 Å². The lowest BCUT2D eigenvalue weighted by Crippen LogP contribution is -2.51. The summed E-state index contributed by atoms with van der Waals surface area (Å²) in [5.41, 5.74) is -0.315. The fraction of sp³-hybridized carbons (Fsp3) is 0.588. The summed E-state index contributed by atoms with van der Waals surface area (Å²) in [4.78, 5) is 13.5. The summed E-state index contributed by atoms with van der Waals surface area (Å²) < 4.78 is 43.7. The molecule has 3 nitrogen and oxygen atoms in total. The second-order valence-corrected chi connectivity index (χ2v) is 7.95. The number of alkyl halides is 3. The van der Waals surface area contributed by atoms with Crippen LogP contribution in [-0.4, -0.2) is 29.7 Å². The summed E-state index contributed by atoms with van der Waals surface area (Å²) in [5.74, 6) is 0.353. The number of nitrogens with zero attached hydrogens (tertiary/aromatic N) is 1. The topological polar surface area (TPSA) is 29.5 Å². The van der Waals surface area contributed by atoms with Crippen molar-refractivity contribution in [2.75, 3.05) is 13.1 Å². The summed E-state index contributed by atoms with van der Waals surface area (Å²) >= 11 is 3.21. The van der Waals surface area contributed by atoms with Crippen LogP contribution in [0.15, 0.2) is 22.7 Å². The molecule has 2 rings (SSSR count). The Balaban J connectivity index is 1.81. The molecule has 0 unspecified atom stereocenters. The Morgan fingerprint density at radius 1 is 1.29 bits per heavy atom. The van der Waals surface area contributed by atoms with E-state index < -0.39 is 17.3 Å². The van der Waals surface area contributed by atoms with E-state index in [1.54, 1.807) is 4.90 Å². The predicted molar refractivity (Wildman–Crippen MR) is 88.8 cm³/mol. The van der Waals surface area contributed by atoms with Crippen molar-refractivity contribution in [3.05, 3.63) is 33.8 Å². The molecule has 0 spiro atoms. The van der Waals surface area contributed by atoms with Crippen molar-refractivity contribution in [3.8, 4) is 0 Å². The maximum absolute atomic E-state index is 12.6. The SMILES string of the molecule is CC(C)(C)OC(=O)N1CC(CCc2ccc(C(F)(F)F)cc2Br)C1. The number of carbonyl (C=O) groups is 1. The molecule has 1 aromatic rings. The molecule has 134 valence electrons. The number of aryl methyl sites for hydroxylation is 1. The molecule has 1 amide bonds. The average molecular weight is 408 g/mol. The van der Waals surface area contributed by atoms with Crippen LogP contribution in [0.1, 0.15) is 38.3 Å². The molecule has 1 heterocycles. The van der Waals surface area contributed by atoms with Crippen molar-refractivity contribution in [1.82, 2.24) is 4.90 Å². The Morgan fingerprint density at radius 3 is 2.42 bits per heavy atom. The molecule has 0 saturated carbocycles. The van der Waals surface area contributed by atoms with Gasteiger partial charge in [0.1, 0.15) is 5.60 Å². The van der Waals surface area contributed by atoms with Gasteiger partial charge in [0, 0.05) is 17.6 Å². The molecule has 0 aliphatic carbocycles. The molecule has 0 N–H and O–H groups in total. The van der Waals surface area contributed by atoms with E-state index in [-0.39, 0.29) is 6.09 Å². The van der Waals surface area contributed by atoms with Gasteiger partial charge in [-0.25, -0.2) is 4.79 Å². The monoisotopic (exact) mass is 407 g/mol. The molecule has 1 fully saturated rings. The van der Waals surface area contributed by atoms with Gasteiger partial charge >= 0.3 is 12.3 Å². The number of hydrogen-bond acceptors (Lipinski definition) is 2. The van der Waals surface area contributed by atoms with Crippen LogP contribution < -0.4 is 0 Å². The van der Waals surface area contributed by atoms with Gasteiger partial charge in [0.25, 0.3) is 0 Å². The Hall–Kier alpha value is -1.24. The quantitative estimate of drug-likeness (QED) is 0.682. The minimum atomic E-state index is -4.33. The number of carbonyl (C=O) groups excluding carboxylic acids is 1. The van der Waals surface area contributed by atoms with Gasteiger partial charge in [0.15, 0.2) is 0 Å². The molecule has 1 aliphatic rings. The molecular weight excluding hydrogens is 387 g/mol. The van der Waals surface area contributed by atoms with E-state index in [0.29, 0.717) is 29.9 Å². The number of likely N-dealkylation sites (tertiary alicyclic amines) is 1. The lowest BCUT2D eigenvalue weighted by Gasteiger charge is -2.40. The first-order valence-corrected chi connectivity index (χ1v) is 8.58. The molecule has 0 bridgehead atoms. The summed E-state index contributed by atoms with van der Waals surface area (Å²) in [6.45, 7) is 6.74. The molecule has 24 heavy (non-hydrogen) atoms. The number of hydrogen-bond donors (Lipinski definition) is 0. The van der Waals surface area contributed by atoms with Crippen molar-refractivity contribution < 1.29 is 22.7 Å². The molecule has 1 aliphatic heterocycles. The fourth-order valence-corrected chi connectivity index (χ4v) is 3.09. The van der Waals surface area contributed by atoms with E-state index in [1.807, 2.05) is 20.8 Å². The highest BCUT2D eigenvalue weighted by Crippen LogP contribution is 2.33. The second-order valence-electron chi connectivity index (χ2n) is 7.09. The summed E-state index contributed by atoms with van der Waals surface area (Å²) in [7, 11) is 0. The average Bonchev–Trinajstić information content (AvgIpc) is 2.35. The number of rotatable bonds is 3. The number of amides is 1. The molecule has 7 heteroatoms. The lowest BCUT2D eigenvalue weighted by molar-refractivity contribution is -0.137. The van der Waals surface area contributed by atoms with E-state index in [4.69, 9.17) is 4.74 Å². The number of halogens is 4. The van der Waals surface area contributed by atoms with Crippen LogP contribution in [0.2, 0.25) is 0 Å². The van der Waals surface area contributed by atoms with Crippen LogP contribution in [0, 0.1) is 5.92 Å². The van der Waals surface area contributed by atoms with Gasteiger partial charge in [0.05, 0.1) is 5.56 Å². The Morgan fingerprint density at radius 2 is 1.92 bits per heavy atom. The first-order valence-electron chi connectivity index (χ1n) is 7.79. The van der Waals surface area contributed by atoms with Gasteiger partial charge in [-0.1, -0.05) is 22.0 Å². The maximum Gasteiger partial charge on any atom is 0.416 e. The Bertz CT molecular complexity index is 605. The van der Waals surface area contributed by atoms with E-state index in [2.05, 4.69) is 15.9 Å². The standard InChI is InChI=1S/C17H21BrF3NO2/c1-16(2,3)24-15(23)22-9-11(10-22)4-5-12-6-7-13(8-14(12)18)17(19,20)21/h6-8,11H,4-5,9-10H2,1-3H3. The van der Waals surface area contributed by atoms with E-state index in [1.165, 1.54) is 6.07 Å². The van der Waals surface area contributed by atoms with Crippen LogP contribution in [-0.2, 0) is 17.3 Å². The number of ether oxygens (including phenoxy) is 1. The largest absolute Gasteiger partial charge is 0.444 e. The highest BCUT2D eigenvalue weighted by molar-refractivity contribution is 9.10. The minimum Gasteiger partial charge on any atom is -0.444 e. The summed E-state index contributed by atoms with van der Waals surface area (Å²) in [5, 5.41) is 0. The van der Waals surface area contributed by atoms with Crippen molar-refractivity contribution in [3.63, 3.8) is 0 Å². The molecule has 0 atom stereocenters. The van der Waals surface area contributed by atoms with Gasteiger partial charge in [-0.05, 0) is 57.2 Å². The van der Waals surface area contributed by atoms with Crippen LogP contribution in [0.4, 0.5) is 18.0 Å². The van der Waals surface area contributed by atoms with Gasteiger partial charge in [-0.3, -0.25) is 0 Å².